The minimum atomic E-state index is -2.50. The van der Waals surface area contributed by atoms with Crippen molar-refractivity contribution >= 4 is 43.5 Å². The third-order valence-electron chi connectivity index (χ3n) is 8.26. The maximum atomic E-state index is 8.86. The van der Waals surface area contributed by atoms with E-state index in [0.717, 1.165) is 38.4 Å². The molecule has 5 aromatic carbocycles. The van der Waals surface area contributed by atoms with Gasteiger partial charge in [0.2, 0.25) is 0 Å². The molecule has 8 aromatic rings. The zero-order chi connectivity index (χ0) is 41.1. The minimum Gasteiger partial charge on any atom is -0.501 e. The van der Waals surface area contributed by atoms with Crippen LogP contribution in [0.2, 0.25) is 0 Å². The van der Waals surface area contributed by atoms with E-state index in [9.17, 15) is 0 Å². The maximum Gasteiger partial charge on any atom is 0.121 e. The molecule has 0 saturated carbocycles. The number of nitrogens with zero attached hydrogens (tertiary/aromatic N) is 2. The largest absolute Gasteiger partial charge is 0.501 e. The van der Waals surface area contributed by atoms with E-state index in [4.69, 9.17) is 14.0 Å². The van der Waals surface area contributed by atoms with Gasteiger partial charge in [0, 0.05) is 47.5 Å². The molecule has 0 amide bonds. The molecule has 3 nitrogen and oxygen atoms in total. The molecule has 3 heterocycles. The summed E-state index contributed by atoms with van der Waals surface area (Å²) in [6.45, 7) is 8.46. The predicted octanol–water partition coefficient (Wildman–Crippen LogP) is 12.8. The smallest absolute Gasteiger partial charge is 0.121 e. The van der Waals surface area contributed by atoms with Gasteiger partial charge in [0.25, 0.3) is 0 Å². The molecule has 1 radical (unpaired) electrons. The van der Waals surface area contributed by atoms with Crippen LogP contribution in [0, 0.1) is 29.8 Å². The first kappa shape index (κ1) is 28.0. The molecule has 0 N–H and O–H groups in total. The standard InChI is InChI=1S/C31H26NO.C16H18N.Ir/c1-19-18-32-27(16-21(19)17-31(2,3)4)25-10-7-11-26-29-24-13-12-20-8-5-6-9-22(20)23(24)14-15-28(29)33-30(25)26;1-16(2,3)11-13-9-10-15(17-12-13)14-7-5-4-6-8-14;/h5-9,11-16,18H,17H2,1-4H3;4-7,9-10,12H,11H2,1-3H3;/q2*-1;/i1D3,17D2;11D2;. The maximum absolute atomic E-state index is 8.86. The van der Waals surface area contributed by atoms with Gasteiger partial charge in [-0.05, 0) is 80.6 Å². The Kier molecular flexibility index (Phi) is 7.99. The van der Waals surface area contributed by atoms with E-state index in [2.05, 4.69) is 52.4 Å². The quantitative estimate of drug-likeness (QED) is 0.131. The second-order valence-corrected chi connectivity index (χ2v) is 14.6. The third kappa shape index (κ3) is 7.99. The summed E-state index contributed by atoms with van der Waals surface area (Å²) < 4.78 is 64.6. The number of hydrogen-bond donors (Lipinski definition) is 0. The second kappa shape index (κ2) is 14.5. The van der Waals surface area contributed by atoms with E-state index < -0.39 is 30.4 Å². The van der Waals surface area contributed by atoms with Gasteiger partial charge in [-0.1, -0.05) is 119 Å². The molecule has 0 atom stereocenters. The van der Waals surface area contributed by atoms with Crippen molar-refractivity contribution in [1.29, 1.82) is 0 Å². The third-order valence-corrected chi connectivity index (χ3v) is 8.26. The van der Waals surface area contributed by atoms with Crippen LogP contribution in [0.3, 0.4) is 0 Å². The number of pyridine rings is 2. The first-order valence-corrected chi connectivity index (χ1v) is 16.8. The molecule has 0 fully saturated rings. The number of benzene rings is 5. The number of rotatable bonds is 4. The van der Waals surface area contributed by atoms with Crippen LogP contribution in [0.5, 0.6) is 0 Å². The van der Waals surface area contributed by atoms with Gasteiger partial charge in [-0.3, -0.25) is 0 Å². The van der Waals surface area contributed by atoms with E-state index in [1.54, 1.807) is 33.0 Å². The molecule has 0 unspecified atom stereocenters. The van der Waals surface area contributed by atoms with Crippen LogP contribution in [-0.4, -0.2) is 9.97 Å². The molecule has 259 valence electrons. The van der Waals surface area contributed by atoms with Crippen molar-refractivity contribution in [2.75, 3.05) is 0 Å². The van der Waals surface area contributed by atoms with Crippen LogP contribution in [0.25, 0.3) is 66.0 Å². The molecule has 0 aliphatic rings. The first-order valence-electron chi connectivity index (χ1n) is 20.3. The predicted molar refractivity (Wildman–Crippen MR) is 210 cm³/mol. The molecule has 0 bridgehead atoms. The number of aryl methyl sites for hydroxylation is 1. The molecule has 0 spiro atoms. The summed E-state index contributed by atoms with van der Waals surface area (Å²) in [6.07, 6.45) is -0.425. The monoisotopic (exact) mass is 852 g/mol. The van der Waals surface area contributed by atoms with Gasteiger partial charge < -0.3 is 14.4 Å². The minimum absolute atomic E-state index is 0. The normalized spacial score (nSPS) is 14.7. The fraction of sp³-hybridized carbons (Fsp3) is 0.234. The van der Waals surface area contributed by atoms with Crippen molar-refractivity contribution in [1.82, 2.24) is 9.97 Å². The van der Waals surface area contributed by atoms with Gasteiger partial charge in [-0.2, -0.15) is 0 Å². The van der Waals surface area contributed by atoms with Crippen LogP contribution >= 0.6 is 0 Å². The Morgan fingerprint density at radius 2 is 1.45 bits per heavy atom. The van der Waals surface area contributed by atoms with Crippen LogP contribution in [0.15, 0.2) is 120 Å². The Morgan fingerprint density at radius 3 is 2.18 bits per heavy atom. The molecule has 51 heavy (non-hydrogen) atoms. The molecule has 0 aliphatic carbocycles. The van der Waals surface area contributed by atoms with Crippen molar-refractivity contribution in [2.24, 2.45) is 10.8 Å². The second-order valence-electron chi connectivity index (χ2n) is 14.6. The average molecular weight is 852 g/mol. The zero-order valence-corrected chi connectivity index (χ0v) is 32.0. The van der Waals surface area contributed by atoms with Crippen LogP contribution < -0.4 is 0 Å². The summed E-state index contributed by atoms with van der Waals surface area (Å²) in [4.78, 5) is 8.83. The number of hydrogen-bond acceptors (Lipinski definition) is 3. The SMILES string of the molecule is [2H]C([2H])([2H])c1cnc(-c2[c-]ccc3c2oc2ccc4c5ccccc5ccc4c23)cc1C([2H])([2H])C(C)(C)C.[2H]C([2H])(c1ccc(-c2[c-]cccc2)nc1)C(C)(C)C.[Ir]. The van der Waals surface area contributed by atoms with E-state index >= 15 is 0 Å². The number of fused-ring (bicyclic) bond motifs is 7. The molecule has 3 aromatic heterocycles. The van der Waals surface area contributed by atoms with Gasteiger partial charge in [0.15, 0.2) is 0 Å². The van der Waals surface area contributed by atoms with Crippen molar-refractivity contribution in [3.8, 4) is 22.5 Å². The van der Waals surface area contributed by atoms with Gasteiger partial charge in [-0.15, -0.1) is 54.1 Å². The Bertz CT molecular complexity index is 2750. The van der Waals surface area contributed by atoms with E-state index in [0.29, 0.717) is 22.4 Å². The van der Waals surface area contributed by atoms with Crippen molar-refractivity contribution in [3.05, 3.63) is 144 Å². The molecular formula is C47H44IrN2O-2. The Balaban J connectivity index is 0.000000240. The first-order chi connectivity index (χ1) is 26.7. The summed E-state index contributed by atoms with van der Waals surface area (Å²) in [6, 6.07) is 39.5. The fourth-order valence-electron chi connectivity index (χ4n) is 6.23. The summed E-state index contributed by atoms with van der Waals surface area (Å²) in [5.74, 6) is 0. The molecule has 8 rings (SSSR count). The summed E-state index contributed by atoms with van der Waals surface area (Å²) in [7, 11) is 0. The van der Waals surface area contributed by atoms with Crippen molar-refractivity contribution in [3.63, 3.8) is 0 Å². The fourth-order valence-corrected chi connectivity index (χ4v) is 6.23. The van der Waals surface area contributed by atoms with Gasteiger partial charge in [0.05, 0.1) is 5.58 Å². The van der Waals surface area contributed by atoms with E-state index in [-0.39, 0.29) is 31.2 Å². The number of aromatic nitrogens is 2. The number of furan rings is 1. The van der Waals surface area contributed by atoms with Crippen LogP contribution in [0.1, 0.15) is 67.8 Å². The van der Waals surface area contributed by atoms with Crippen LogP contribution in [0.4, 0.5) is 0 Å². The Hall–Kier alpha value is -4.63. The summed E-state index contributed by atoms with van der Waals surface area (Å²) in [5, 5.41) is 6.43. The molecule has 0 saturated heterocycles. The van der Waals surface area contributed by atoms with Gasteiger partial charge >= 0.3 is 0 Å². The Labute approximate surface area is 325 Å². The van der Waals surface area contributed by atoms with Crippen molar-refractivity contribution in [2.45, 2.75) is 61.1 Å². The Morgan fingerprint density at radius 1 is 0.686 bits per heavy atom. The van der Waals surface area contributed by atoms with Gasteiger partial charge in [0.1, 0.15) is 5.58 Å². The topological polar surface area (TPSA) is 38.9 Å². The summed E-state index contributed by atoms with van der Waals surface area (Å²) in [5.41, 5.74) is 3.35. The van der Waals surface area contributed by atoms with Crippen molar-refractivity contribution < 1.29 is 34.1 Å². The van der Waals surface area contributed by atoms with Gasteiger partial charge in [-0.25, -0.2) is 0 Å². The molecular weight excluding hydrogens is 801 g/mol. The molecule has 4 heteroatoms. The zero-order valence-electron chi connectivity index (χ0n) is 36.6. The van der Waals surface area contributed by atoms with E-state index in [1.165, 1.54) is 17.0 Å². The average Bonchev–Trinajstić information content (AvgIpc) is 3.56. The van der Waals surface area contributed by atoms with Crippen LogP contribution in [-0.2, 0) is 32.9 Å². The van der Waals surface area contributed by atoms with E-state index in [1.807, 2.05) is 87.5 Å². The summed E-state index contributed by atoms with van der Waals surface area (Å²) >= 11 is 0. The molecule has 0 aliphatic heterocycles.